The van der Waals surface area contributed by atoms with Crippen molar-refractivity contribution in [2.75, 3.05) is 6.61 Å². The Morgan fingerprint density at radius 2 is 1.87 bits per heavy atom. The minimum Gasteiger partial charge on any atom is -0.507 e. The molecule has 3 aromatic rings. The minimum atomic E-state index is -0.812. The number of rotatable bonds is 6. The van der Waals surface area contributed by atoms with Crippen LogP contribution < -0.4 is 4.74 Å². The maximum absolute atomic E-state index is 13.0. The van der Waals surface area contributed by atoms with Crippen LogP contribution in [0.3, 0.4) is 0 Å². The molecule has 0 unspecified atom stereocenters. The highest BCUT2D eigenvalue weighted by Crippen LogP contribution is 2.39. The number of ketones is 1. The number of carbonyl (C=O) groups excluding carboxylic acids is 2. The number of aromatic nitrogens is 2. The Balaban J connectivity index is 1.80. The molecular weight excluding hydrogens is 394 g/mol. The standard InChI is InChI=1S/C24H21N3O4/c1-2-31-18-10-8-17(9-11-18)22(28)20-21(19-7-3-4-13-26-19)27(24(30)23(20)29)15-16-6-5-12-25-14-16/h3-14,21,28H,2,15H2,1H3/t21-/m0/s1. The summed E-state index contributed by atoms with van der Waals surface area (Å²) in [6, 6.07) is 14.8. The lowest BCUT2D eigenvalue weighted by Gasteiger charge is -2.24. The Labute approximate surface area is 179 Å². The second-order valence-electron chi connectivity index (χ2n) is 7.00. The van der Waals surface area contributed by atoms with Gasteiger partial charge in [0.25, 0.3) is 11.7 Å². The molecule has 7 heteroatoms. The van der Waals surface area contributed by atoms with Crippen molar-refractivity contribution in [2.45, 2.75) is 19.5 Å². The molecule has 0 radical (unpaired) electrons. The zero-order valence-corrected chi connectivity index (χ0v) is 16.9. The van der Waals surface area contributed by atoms with Crippen LogP contribution in [0.1, 0.15) is 29.8 Å². The van der Waals surface area contributed by atoms with Gasteiger partial charge in [-0.15, -0.1) is 0 Å². The third kappa shape index (κ3) is 4.02. The number of ether oxygens (including phenoxy) is 1. The molecule has 1 amide bonds. The van der Waals surface area contributed by atoms with Gasteiger partial charge in [-0.05, 0) is 55.0 Å². The number of Topliss-reactive ketones (excluding diaryl/α,β-unsaturated/α-hetero) is 1. The molecule has 156 valence electrons. The minimum absolute atomic E-state index is 0.0109. The van der Waals surface area contributed by atoms with Crippen molar-refractivity contribution in [3.8, 4) is 5.75 Å². The van der Waals surface area contributed by atoms with E-state index in [-0.39, 0.29) is 17.9 Å². The number of aliphatic hydroxyl groups is 1. The van der Waals surface area contributed by atoms with E-state index in [1.807, 2.05) is 13.0 Å². The molecule has 4 rings (SSSR count). The number of nitrogens with zero attached hydrogens (tertiary/aromatic N) is 3. The van der Waals surface area contributed by atoms with Gasteiger partial charge in [-0.25, -0.2) is 0 Å². The maximum Gasteiger partial charge on any atom is 0.296 e. The Kier molecular flexibility index (Phi) is 5.75. The number of amides is 1. The van der Waals surface area contributed by atoms with Gasteiger partial charge >= 0.3 is 0 Å². The molecule has 31 heavy (non-hydrogen) atoms. The summed E-state index contributed by atoms with van der Waals surface area (Å²) in [7, 11) is 0. The van der Waals surface area contributed by atoms with E-state index < -0.39 is 17.7 Å². The summed E-state index contributed by atoms with van der Waals surface area (Å²) < 4.78 is 5.44. The van der Waals surface area contributed by atoms with E-state index in [9.17, 15) is 14.7 Å². The van der Waals surface area contributed by atoms with Gasteiger partial charge in [-0.1, -0.05) is 12.1 Å². The zero-order chi connectivity index (χ0) is 21.8. The van der Waals surface area contributed by atoms with Gasteiger partial charge in [0, 0.05) is 30.7 Å². The first-order valence-electron chi connectivity index (χ1n) is 9.91. The molecule has 1 N–H and O–H groups in total. The highest BCUT2D eigenvalue weighted by atomic mass is 16.5. The Morgan fingerprint density at radius 1 is 1.06 bits per heavy atom. The number of aliphatic hydroxyl groups excluding tert-OH is 1. The quantitative estimate of drug-likeness (QED) is 0.376. The fraction of sp³-hybridized carbons (Fsp3) is 0.167. The van der Waals surface area contributed by atoms with Gasteiger partial charge in [-0.2, -0.15) is 0 Å². The SMILES string of the molecule is CCOc1ccc(C(O)=C2C(=O)C(=O)N(Cc3cccnc3)[C@H]2c2ccccn2)cc1. The van der Waals surface area contributed by atoms with Crippen molar-refractivity contribution < 1.29 is 19.4 Å². The molecule has 3 heterocycles. The molecule has 7 nitrogen and oxygen atoms in total. The average Bonchev–Trinajstić information content (AvgIpc) is 3.05. The van der Waals surface area contributed by atoms with E-state index in [1.54, 1.807) is 67.1 Å². The summed E-state index contributed by atoms with van der Waals surface area (Å²) in [5.41, 5.74) is 1.70. The molecular formula is C24H21N3O4. The molecule has 1 aliphatic rings. The van der Waals surface area contributed by atoms with E-state index in [0.29, 0.717) is 23.6 Å². The summed E-state index contributed by atoms with van der Waals surface area (Å²) in [5.74, 6) is -1.03. The summed E-state index contributed by atoms with van der Waals surface area (Å²) >= 11 is 0. The van der Waals surface area contributed by atoms with Gasteiger partial charge in [0.15, 0.2) is 0 Å². The third-order valence-corrected chi connectivity index (χ3v) is 5.02. The number of benzene rings is 1. The van der Waals surface area contributed by atoms with E-state index in [4.69, 9.17) is 4.74 Å². The van der Waals surface area contributed by atoms with E-state index in [0.717, 1.165) is 5.56 Å². The highest BCUT2D eigenvalue weighted by molar-refractivity contribution is 6.46. The lowest BCUT2D eigenvalue weighted by Crippen LogP contribution is -2.29. The van der Waals surface area contributed by atoms with Crippen molar-refractivity contribution in [3.63, 3.8) is 0 Å². The number of pyridine rings is 2. The number of hydrogen-bond acceptors (Lipinski definition) is 6. The van der Waals surface area contributed by atoms with E-state index >= 15 is 0 Å². The number of carbonyl (C=O) groups is 2. The first kappa shape index (κ1) is 20.3. The molecule has 0 aliphatic carbocycles. The number of likely N-dealkylation sites (tertiary alicyclic amines) is 1. The Morgan fingerprint density at radius 3 is 2.52 bits per heavy atom. The van der Waals surface area contributed by atoms with Crippen LogP contribution in [0.25, 0.3) is 5.76 Å². The van der Waals surface area contributed by atoms with Crippen molar-refractivity contribution >= 4 is 17.4 Å². The predicted molar refractivity (Wildman–Crippen MR) is 114 cm³/mol. The van der Waals surface area contributed by atoms with Crippen LogP contribution in [0.15, 0.2) is 78.8 Å². The molecule has 1 aliphatic heterocycles. The normalized spacial score (nSPS) is 17.7. The highest BCUT2D eigenvalue weighted by Gasteiger charge is 2.46. The average molecular weight is 415 g/mol. The molecule has 1 fully saturated rings. The first-order chi connectivity index (χ1) is 15.1. The Bertz CT molecular complexity index is 1110. The fourth-order valence-corrected chi connectivity index (χ4v) is 3.61. The van der Waals surface area contributed by atoms with Crippen LogP contribution in [-0.2, 0) is 16.1 Å². The molecule has 0 bridgehead atoms. The zero-order valence-electron chi connectivity index (χ0n) is 16.9. The third-order valence-electron chi connectivity index (χ3n) is 5.02. The van der Waals surface area contributed by atoms with Gasteiger partial charge in [0.1, 0.15) is 17.6 Å². The van der Waals surface area contributed by atoms with Crippen LogP contribution in [0.2, 0.25) is 0 Å². The lowest BCUT2D eigenvalue weighted by atomic mass is 9.98. The molecule has 0 saturated carbocycles. The van der Waals surface area contributed by atoms with Gasteiger partial charge in [0.2, 0.25) is 0 Å². The molecule has 1 saturated heterocycles. The largest absolute Gasteiger partial charge is 0.507 e. The molecule has 2 aromatic heterocycles. The second-order valence-corrected chi connectivity index (χ2v) is 7.00. The monoisotopic (exact) mass is 415 g/mol. The summed E-state index contributed by atoms with van der Waals surface area (Å²) in [6.45, 7) is 2.56. The first-order valence-corrected chi connectivity index (χ1v) is 9.91. The van der Waals surface area contributed by atoms with Gasteiger partial charge < -0.3 is 14.7 Å². The van der Waals surface area contributed by atoms with Crippen molar-refractivity contribution in [1.29, 1.82) is 0 Å². The molecule has 1 aromatic carbocycles. The lowest BCUT2D eigenvalue weighted by molar-refractivity contribution is -0.140. The van der Waals surface area contributed by atoms with Crippen molar-refractivity contribution in [2.24, 2.45) is 0 Å². The topological polar surface area (TPSA) is 92.6 Å². The number of hydrogen-bond donors (Lipinski definition) is 1. The van der Waals surface area contributed by atoms with Crippen molar-refractivity contribution in [3.05, 3.63) is 95.6 Å². The van der Waals surface area contributed by atoms with Gasteiger partial charge in [-0.3, -0.25) is 19.6 Å². The Hall–Kier alpha value is -4.00. The molecule has 0 spiro atoms. The van der Waals surface area contributed by atoms with Crippen LogP contribution in [-0.4, -0.2) is 38.3 Å². The van der Waals surface area contributed by atoms with Crippen LogP contribution >= 0.6 is 0 Å². The van der Waals surface area contributed by atoms with E-state index in [2.05, 4.69) is 9.97 Å². The van der Waals surface area contributed by atoms with Crippen LogP contribution in [0.5, 0.6) is 5.75 Å². The fourth-order valence-electron chi connectivity index (χ4n) is 3.61. The summed E-state index contributed by atoms with van der Waals surface area (Å²) in [4.78, 5) is 35.8. The van der Waals surface area contributed by atoms with Crippen LogP contribution in [0, 0.1) is 0 Å². The van der Waals surface area contributed by atoms with Crippen LogP contribution in [0.4, 0.5) is 0 Å². The summed E-state index contributed by atoms with van der Waals surface area (Å²) in [5, 5.41) is 11.0. The van der Waals surface area contributed by atoms with Gasteiger partial charge in [0.05, 0.1) is 17.9 Å². The van der Waals surface area contributed by atoms with E-state index in [1.165, 1.54) is 4.90 Å². The summed E-state index contributed by atoms with van der Waals surface area (Å²) in [6.07, 6.45) is 4.87. The molecule has 1 atom stereocenters. The van der Waals surface area contributed by atoms with Crippen molar-refractivity contribution in [1.82, 2.24) is 14.9 Å². The predicted octanol–water partition coefficient (Wildman–Crippen LogP) is 3.50. The second kappa shape index (κ2) is 8.79. The smallest absolute Gasteiger partial charge is 0.296 e. The maximum atomic E-state index is 13.0.